The van der Waals surface area contributed by atoms with Gasteiger partial charge in [-0.3, -0.25) is 9.59 Å². The Hall–Kier alpha value is -3.45. The Labute approximate surface area is 179 Å². The molecule has 6 nitrogen and oxygen atoms in total. The fourth-order valence-electron chi connectivity index (χ4n) is 2.69. The number of thiazole rings is 1. The minimum absolute atomic E-state index is 0.115. The van der Waals surface area contributed by atoms with E-state index in [0.29, 0.717) is 30.1 Å². The second-order valence-corrected chi connectivity index (χ2v) is 7.55. The Morgan fingerprint density at radius 1 is 1.17 bits per heavy atom. The second-order valence-electron chi connectivity index (χ2n) is 6.60. The van der Waals surface area contributed by atoms with Crippen LogP contribution in [0.1, 0.15) is 26.6 Å². The molecule has 0 aliphatic rings. The van der Waals surface area contributed by atoms with Gasteiger partial charge in [0, 0.05) is 11.9 Å². The molecule has 0 saturated heterocycles. The quantitative estimate of drug-likeness (QED) is 0.509. The summed E-state index contributed by atoms with van der Waals surface area (Å²) in [5.74, 6) is 0.270. The van der Waals surface area contributed by atoms with E-state index in [9.17, 15) is 9.59 Å². The molecule has 3 rings (SSSR count). The van der Waals surface area contributed by atoms with E-state index in [0.717, 1.165) is 10.8 Å². The van der Waals surface area contributed by atoms with Crippen molar-refractivity contribution in [3.05, 3.63) is 88.4 Å². The lowest BCUT2D eigenvalue weighted by Crippen LogP contribution is -2.25. The van der Waals surface area contributed by atoms with E-state index < -0.39 is 0 Å². The summed E-state index contributed by atoms with van der Waals surface area (Å²) in [7, 11) is 0. The number of aromatic nitrogens is 1. The van der Waals surface area contributed by atoms with E-state index in [4.69, 9.17) is 4.74 Å². The van der Waals surface area contributed by atoms with Gasteiger partial charge in [0.2, 0.25) is 5.91 Å². The van der Waals surface area contributed by atoms with Crippen molar-refractivity contribution in [2.75, 3.05) is 11.9 Å². The van der Waals surface area contributed by atoms with Gasteiger partial charge in [0.15, 0.2) is 0 Å². The summed E-state index contributed by atoms with van der Waals surface area (Å²) in [5.41, 5.74) is 2.69. The van der Waals surface area contributed by atoms with Crippen molar-refractivity contribution in [3.63, 3.8) is 0 Å². The smallest absolute Gasteiger partial charge is 0.253 e. The van der Waals surface area contributed by atoms with Crippen LogP contribution in [0, 0.1) is 6.92 Å². The zero-order valence-corrected chi connectivity index (χ0v) is 17.5. The summed E-state index contributed by atoms with van der Waals surface area (Å²) < 4.78 is 5.73. The van der Waals surface area contributed by atoms with Gasteiger partial charge in [0.1, 0.15) is 17.4 Å². The number of nitrogens with zero attached hydrogens (tertiary/aromatic N) is 1. The van der Waals surface area contributed by atoms with Crippen molar-refractivity contribution in [1.82, 2.24) is 10.3 Å². The molecular formula is C23H23N3O3S. The highest BCUT2D eigenvalue weighted by atomic mass is 32.1. The number of hydrogen-bond donors (Lipinski definition) is 2. The molecule has 30 heavy (non-hydrogen) atoms. The van der Waals surface area contributed by atoms with Gasteiger partial charge >= 0.3 is 0 Å². The van der Waals surface area contributed by atoms with Gasteiger partial charge in [-0.15, -0.1) is 17.9 Å². The molecule has 0 unspecified atom stereocenters. The van der Waals surface area contributed by atoms with E-state index in [1.807, 2.05) is 36.6 Å². The van der Waals surface area contributed by atoms with Gasteiger partial charge < -0.3 is 15.4 Å². The number of para-hydroxylation sites is 1. The van der Waals surface area contributed by atoms with Crippen LogP contribution in [0.2, 0.25) is 0 Å². The molecule has 0 atom stereocenters. The standard InChI is InChI=1S/C23H23N3O3S/c1-3-12-24-23(28)19-6-4-5-7-20(19)26-21(27)13-17-15-30-22(25-17)14-29-18-10-8-16(2)9-11-18/h3-11,15H,1,12-14H2,2H3,(H,24,28)(H,26,27). The van der Waals surface area contributed by atoms with E-state index >= 15 is 0 Å². The maximum absolute atomic E-state index is 12.5. The molecule has 2 N–H and O–H groups in total. The van der Waals surface area contributed by atoms with Crippen LogP contribution in [0.5, 0.6) is 5.75 Å². The summed E-state index contributed by atoms with van der Waals surface area (Å²) in [5, 5.41) is 8.15. The van der Waals surface area contributed by atoms with Crippen LogP contribution in [0.25, 0.3) is 0 Å². The number of aryl methyl sites for hydroxylation is 1. The van der Waals surface area contributed by atoms with Gasteiger partial charge in [-0.25, -0.2) is 4.98 Å². The third kappa shape index (κ3) is 6.02. The lowest BCUT2D eigenvalue weighted by atomic mass is 10.1. The zero-order chi connectivity index (χ0) is 21.3. The van der Waals surface area contributed by atoms with E-state index in [1.165, 1.54) is 16.9 Å². The van der Waals surface area contributed by atoms with Crippen molar-refractivity contribution >= 4 is 28.8 Å². The molecule has 0 saturated carbocycles. The van der Waals surface area contributed by atoms with Crippen LogP contribution >= 0.6 is 11.3 Å². The Kier molecular flexibility index (Phi) is 7.34. The molecule has 154 valence electrons. The molecule has 2 amide bonds. The first-order valence-corrected chi connectivity index (χ1v) is 10.3. The number of nitrogens with one attached hydrogen (secondary N) is 2. The van der Waals surface area contributed by atoms with Crippen molar-refractivity contribution in [2.24, 2.45) is 0 Å². The number of carbonyl (C=O) groups is 2. The van der Waals surface area contributed by atoms with Crippen molar-refractivity contribution in [1.29, 1.82) is 0 Å². The molecule has 1 heterocycles. The monoisotopic (exact) mass is 421 g/mol. The Morgan fingerprint density at radius 2 is 1.93 bits per heavy atom. The van der Waals surface area contributed by atoms with E-state index in [2.05, 4.69) is 22.2 Å². The summed E-state index contributed by atoms with van der Waals surface area (Å²) in [6, 6.07) is 14.7. The van der Waals surface area contributed by atoms with Crippen molar-refractivity contribution < 1.29 is 14.3 Å². The first kappa shape index (κ1) is 21.3. The molecule has 1 aromatic heterocycles. The van der Waals surface area contributed by atoms with E-state index in [1.54, 1.807) is 30.3 Å². The average Bonchev–Trinajstić information content (AvgIpc) is 3.19. The molecule has 2 aromatic carbocycles. The van der Waals surface area contributed by atoms with Gasteiger partial charge in [0.25, 0.3) is 5.91 Å². The minimum atomic E-state index is -0.269. The largest absolute Gasteiger partial charge is 0.486 e. The normalized spacial score (nSPS) is 10.3. The van der Waals surface area contributed by atoms with Crippen LogP contribution in [0.3, 0.4) is 0 Å². The number of anilines is 1. The van der Waals surface area contributed by atoms with Crippen LogP contribution in [0.4, 0.5) is 5.69 Å². The first-order chi connectivity index (χ1) is 14.5. The predicted octanol–water partition coefficient (Wildman–Crippen LogP) is 4.13. The van der Waals surface area contributed by atoms with Gasteiger partial charge in [-0.05, 0) is 31.2 Å². The maximum Gasteiger partial charge on any atom is 0.253 e. The molecule has 0 aliphatic carbocycles. The van der Waals surface area contributed by atoms with Crippen LogP contribution < -0.4 is 15.4 Å². The highest BCUT2D eigenvalue weighted by Gasteiger charge is 2.14. The van der Waals surface area contributed by atoms with E-state index in [-0.39, 0.29) is 18.2 Å². The molecule has 0 bridgehead atoms. The number of amides is 2. The number of rotatable bonds is 9. The molecule has 0 fully saturated rings. The minimum Gasteiger partial charge on any atom is -0.486 e. The molecular weight excluding hydrogens is 398 g/mol. The summed E-state index contributed by atoms with van der Waals surface area (Å²) >= 11 is 1.45. The van der Waals surface area contributed by atoms with Gasteiger partial charge in [-0.2, -0.15) is 0 Å². The lowest BCUT2D eigenvalue weighted by Gasteiger charge is -2.10. The number of benzene rings is 2. The number of hydrogen-bond acceptors (Lipinski definition) is 5. The molecule has 0 aliphatic heterocycles. The van der Waals surface area contributed by atoms with Crippen LogP contribution in [-0.2, 0) is 17.8 Å². The van der Waals surface area contributed by atoms with Crippen molar-refractivity contribution in [2.45, 2.75) is 20.0 Å². The highest BCUT2D eigenvalue weighted by molar-refractivity contribution is 7.09. The summed E-state index contributed by atoms with van der Waals surface area (Å²) in [6.07, 6.45) is 1.71. The highest BCUT2D eigenvalue weighted by Crippen LogP contribution is 2.18. The molecule has 7 heteroatoms. The first-order valence-electron chi connectivity index (χ1n) is 9.46. The third-order valence-electron chi connectivity index (χ3n) is 4.18. The molecule has 0 spiro atoms. The fourth-order valence-corrected chi connectivity index (χ4v) is 3.39. The zero-order valence-electron chi connectivity index (χ0n) is 16.7. The van der Waals surface area contributed by atoms with Gasteiger partial charge in [-0.1, -0.05) is 35.9 Å². The Bertz CT molecular complexity index is 1030. The topological polar surface area (TPSA) is 80.3 Å². The fraction of sp³-hybridized carbons (Fsp3) is 0.174. The summed E-state index contributed by atoms with van der Waals surface area (Å²) in [6.45, 7) is 6.31. The van der Waals surface area contributed by atoms with Gasteiger partial charge in [0.05, 0.1) is 23.4 Å². The summed E-state index contributed by atoms with van der Waals surface area (Å²) in [4.78, 5) is 29.2. The van der Waals surface area contributed by atoms with Crippen LogP contribution in [0.15, 0.2) is 66.6 Å². The number of ether oxygens (including phenoxy) is 1. The SMILES string of the molecule is C=CCNC(=O)c1ccccc1NC(=O)Cc1csc(COc2ccc(C)cc2)n1. The second kappa shape index (κ2) is 10.4. The maximum atomic E-state index is 12.5. The molecule has 3 aromatic rings. The predicted molar refractivity (Wildman–Crippen MR) is 119 cm³/mol. The number of carbonyl (C=O) groups excluding carboxylic acids is 2. The molecule has 0 radical (unpaired) electrons. The third-order valence-corrected chi connectivity index (χ3v) is 5.05. The Morgan fingerprint density at radius 3 is 2.70 bits per heavy atom. The van der Waals surface area contributed by atoms with Crippen LogP contribution in [-0.4, -0.2) is 23.3 Å². The lowest BCUT2D eigenvalue weighted by molar-refractivity contribution is -0.115. The van der Waals surface area contributed by atoms with Crippen molar-refractivity contribution in [3.8, 4) is 5.75 Å². The average molecular weight is 422 g/mol. The Balaban J connectivity index is 1.56.